The average Bonchev–Trinajstić information content (AvgIpc) is 3.02. The molecular formula is C23H29FN2O3. The van der Waals surface area contributed by atoms with Gasteiger partial charge in [-0.25, -0.2) is 9.18 Å². The van der Waals surface area contributed by atoms with Crippen LogP contribution in [0.2, 0.25) is 0 Å². The zero-order valence-corrected chi connectivity index (χ0v) is 17.3. The number of alkyl carbamates (subject to hydrolysis) is 1. The Bertz CT molecular complexity index is 821. The fraction of sp³-hybridized carbons (Fsp3) is 0.435. The molecule has 5 nitrogen and oxygen atoms in total. The third kappa shape index (κ3) is 6.46. The van der Waals surface area contributed by atoms with Crippen LogP contribution in [0.25, 0.3) is 0 Å². The topological polar surface area (TPSA) is 50.8 Å². The van der Waals surface area contributed by atoms with Crippen LogP contribution in [0.4, 0.5) is 14.9 Å². The number of carbonyl (C=O) groups excluding carboxylic acids is 1. The highest BCUT2D eigenvalue weighted by molar-refractivity contribution is 5.68. The molecule has 0 aromatic heterocycles. The van der Waals surface area contributed by atoms with Gasteiger partial charge < -0.3 is 19.7 Å². The van der Waals surface area contributed by atoms with E-state index in [0.29, 0.717) is 19.8 Å². The molecule has 2 aromatic rings. The molecule has 0 aliphatic carbocycles. The Balaban J connectivity index is 1.63. The third-order valence-electron chi connectivity index (χ3n) is 4.63. The number of hydrogen-bond donors (Lipinski definition) is 1. The standard InChI is InChI=1S/C23H29FN2O3/c1-23(2,3)29-22(27)25-20(16-28-15-17-7-5-4-6-8-17)14-26-12-11-18-13-19(24)9-10-21(18)26/h4-10,13,20H,11-12,14-16H2,1-3H3,(H,25,27)/t20-/m1/s1. The lowest BCUT2D eigenvalue weighted by Gasteiger charge is -2.28. The molecule has 0 bridgehead atoms. The van der Waals surface area contributed by atoms with Crippen molar-refractivity contribution in [3.8, 4) is 0 Å². The van der Waals surface area contributed by atoms with E-state index in [1.165, 1.54) is 6.07 Å². The quantitative estimate of drug-likeness (QED) is 0.753. The van der Waals surface area contributed by atoms with E-state index in [2.05, 4.69) is 10.2 Å². The molecule has 29 heavy (non-hydrogen) atoms. The smallest absolute Gasteiger partial charge is 0.408 e. The number of nitrogens with one attached hydrogen (secondary N) is 1. The zero-order chi connectivity index (χ0) is 20.9. The summed E-state index contributed by atoms with van der Waals surface area (Å²) in [5.74, 6) is -0.222. The van der Waals surface area contributed by atoms with E-state index in [9.17, 15) is 9.18 Å². The van der Waals surface area contributed by atoms with Crippen molar-refractivity contribution in [3.63, 3.8) is 0 Å². The average molecular weight is 400 g/mol. The van der Waals surface area contributed by atoms with E-state index in [-0.39, 0.29) is 11.9 Å². The number of carbonyl (C=O) groups is 1. The predicted molar refractivity (Wildman–Crippen MR) is 112 cm³/mol. The molecule has 0 saturated carbocycles. The van der Waals surface area contributed by atoms with Crippen molar-refractivity contribution >= 4 is 11.8 Å². The predicted octanol–water partition coefficient (Wildman–Crippen LogP) is 4.30. The Kier molecular flexibility index (Phi) is 6.75. The molecule has 1 atom stereocenters. The van der Waals surface area contributed by atoms with Gasteiger partial charge in [0, 0.05) is 18.8 Å². The molecule has 0 fully saturated rings. The molecule has 1 aliphatic rings. The van der Waals surface area contributed by atoms with Gasteiger partial charge in [0.2, 0.25) is 0 Å². The largest absolute Gasteiger partial charge is 0.444 e. The SMILES string of the molecule is CC(C)(C)OC(=O)N[C@@H](COCc1ccccc1)CN1CCc2cc(F)ccc21. The molecule has 0 unspecified atom stereocenters. The molecule has 2 aromatic carbocycles. The number of rotatable bonds is 7. The van der Waals surface area contributed by atoms with Crippen LogP contribution in [0.3, 0.4) is 0 Å². The Morgan fingerprint density at radius 1 is 1.21 bits per heavy atom. The van der Waals surface area contributed by atoms with Crippen LogP contribution in [-0.4, -0.2) is 37.4 Å². The van der Waals surface area contributed by atoms with E-state index < -0.39 is 11.7 Å². The monoisotopic (exact) mass is 400 g/mol. The Hall–Kier alpha value is -2.60. The van der Waals surface area contributed by atoms with Crippen LogP contribution in [0.5, 0.6) is 0 Å². The molecule has 1 amide bonds. The van der Waals surface area contributed by atoms with Gasteiger partial charge in [-0.3, -0.25) is 0 Å². The van der Waals surface area contributed by atoms with Gasteiger partial charge >= 0.3 is 6.09 Å². The van der Waals surface area contributed by atoms with Gasteiger partial charge in [-0.15, -0.1) is 0 Å². The van der Waals surface area contributed by atoms with Crippen molar-refractivity contribution in [1.82, 2.24) is 5.32 Å². The molecule has 1 aliphatic heterocycles. The zero-order valence-electron chi connectivity index (χ0n) is 17.3. The number of amides is 1. The molecule has 0 saturated heterocycles. The highest BCUT2D eigenvalue weighted by Gasteiger charge is 2.25. The van der Waals surface area contributed by atoms with Gasteiger partial charge in [-0.05, 0) is 56.5 Å². The minimum Gasteiger partial charge on any atom is -0.444 e. The van der Waals surface area contributed by atoms with Crippen molar-refractivity contribution in [2.45, 2.75) is 45.4 Å². The minimum atomic E-state index is -0.572. The van der Waals surface area contributed by atoms with Crippen molar-refractivity contribution in [3.05, 3.63) is 65.5 Å². The summed E-state index contributed by atoms with van der Waals surface area (Å²) in [6.45, 7) is 7.66. The fourth-order valence-corrected chi connectivity index (χ4v) is 3.40. The van der Waals surface area contributed by atoms with Crippen LogP contribution < -0.4 is 10.2 Å². The van der Waals surface area contributed by atoms with E-state index >= 15 is 0 Å². The normalized spacial score (nSPS) is 14.4. The summed E-state index contributed by atoms with van der Waals surface area (Å²) in [7, 11) is 0. The van der Waals surface area contributed by atoms with E-state index in [1.807, 2.05) is 51.1 Å². The van der Waals surface area contributed by atoms with Gasteiger partial charge in [0.15, 0.2) is 0 Å². The third-order valence-corrected chi connectivity index (χ3v) is 4.63. The van der Waals surface area contributed by atoms with Crippen LogP contribution in [-0.2, 0) is 22.5 Å². The first kappa shape index (κ1) is 21.1. The van der Waals surface area contributed by atoms with Crippen molar-refractivity contribution in [2.75, 3.05) is 24.6 Å². The molecule has 3 rings (SSSR count). The summed E-state index contributed by atoms with van der Waals surface area (Å²) in [6.07, 6.45) is 0.321. The van der Waals surface area contributed by atoms with Crippen molar-refractivity contribution in [1.29, 1.82) is 0 Å². The molecule has 1 heterocycles. The van der Waals surface area contributed by atoms with Crippen LogP contribution in [0.15, 0.2) is 48.5 Å². The Morgan fingerprint density at radius 3 is 2.69 bits per heavy atom. The second-order valence-electron chi connectivity index (χ2n) is 8.31. The number of ether oxygens (including phenoxy) is 2. The summed E-state index contributed by atoms with van der Waals surface area (Å²) < 4.78 is 24.8. The second-order valence-corrected chi connectivity index (χ2v) is 8.31. The van der Waals surface area contributed by atoms with Gasteiger partial charge in [-0.1, -0.05) is 30.3 Å². The number of fused-ring (bicyclic) bond motifs is 1. The lowest BCUT2D eigenvalue weighted by molar-refractivity contribution is 0.0434. The highest BCUT2D eigenvalue weighted by atomic mass is 19.1. The first-order valence-corrected chi connectivity index (χ1v) is 9.95. The second kappa shape index (κ2) is 9.27. The number of anilines is 1. The summed E-state index contributed by atoms with van der Waals surface area (Å²) in [6, 6.07) is 14.5. The van der Waals surface area contributed by atoms with Gasteiger partial charge in [0.05, 0.1) is 19.3 Å². The van der Waals surface area contributed by atoms with Gasteiger partial charge in [0.25, 0.3) is 0 Å². The molecule has 156 valence electrons. The molecule has 1 N–H and O–H groups in total. The summed E-state index contributed by atoms with van der Waals surface area (Å²) in [5, 5.41) is 2.93. The van der Waals surface area contributed by atoms with Crippen LogP contribution >= 0.6 is 0 Å². The van der Waals surface area contributed by atoms with Crippen LogP contribution in [0.1, 0.15) is 31.9 Å². The number of hydrogen-bond acceptors (Lipinski definition) is 4. The number of benzene rings is 2. The fourth-order valence-electron chi connectivity index (χ4n) is 3.40. The van der Waals surface area contributed by atoms with Crippen molar-refractivity contribution in [2.24, 2.45) is 0 Å². The molecule has 0 spiro atoms. The molecular weight excluding hydrogens is 371 g/mol. The first-order valence-electron chi connectivity index (χ1n) is 9.95. The number of nitrogens with zero attached hydrogens (tertiary/aromatic N) is 1. The maximum Gasteiger partial charge on any atom is 0.408 e. The summed E-state index contributed by atoms with van der Waals surface area (Å²) in [5.41, 5.74) is 2.50. The van der Waals surface area contributed by atoms with Gasteiger partial charge in [-0.2, -0.15) is 0 Å². The maximum absolute atomic E-state index is 13.5. The Morgan fingerprint density at radius 2 is 1.97 bits per heavy atom. The van der Waals surface area contributed by atoms with E-state index in [0.717, 1.165) is 29.8 Å². The lowest BCUT2D eigenvalue weighted by Crippen LogP contribution is -2.47. The first-order chi connectivity index (χ1) is 13.8. The van der Waals surface area contributed by atoms with Crippen LogP contribution in [0, 0.1) is 5.82 Å². The Labute approximate surface area is 171 Å². The lowest BCUT2D eigenvalue weighted by atomic mass is 10.1. The summed E-state index contributed by atoms with van der Waals surface area (Å²) >= 11 is 0. The summed E-state index contributed by atoms with van der Waals surface area (Å²) in [4.78, 5) is 14.5. The maximum atomic E-state index is 13.5. The molecule has 6 heteroatoms. The van der Waals surface area contributed by atoms with Crippen molar-refractivity contribution < 1.29 is 18.7 Å². The van der Waals surface area contributed by atoms with Gasteiger partial charge in [0.1, 0.15) is 11.4 Å². The highest BCUT2D eigenvalue weighted by Crippen LogP contribution is 2.28. The van der Waals surface area contributed by atoms with E-state index in [4.69, 9.17) is 9.47 Å². The minimum absolute atomic E-state index is 0.222. The molecule has 0 radical (unpaired) electrons. The number of halogens is 1. The van der Waals surface area contributed by atoms with E-state index in [1.54, 1.807) is 12.1 Å².